The Morgan fingerprint density at radius 3 is 2.21 bits per heavy atom. The minimum atomic E-state index is 0.290. The molecule has 0 aromatic heterocycles. The number of benzene rings is 2. The van der Waals surface area contributed by atoms with Crippen molar-refractivity contribution in [1.29, 1.82) is 0 Å². The summed E-state index contributed by atoms with van der Waals surface area (Å²) in [6, 6.07) is 14.1. The molecule has 0 spiro atoms. The average molecular weight is 294 g/mol. The van der Waals surface area contributed by atoms with E-state index in [1.165, 1.54) is 11.1 Å². The lowest BCUT2D eigenvalue weighted by atomic mass is 9.88. The third-order valence-corrected chi connectivity index (χ3v) is 3.99. The van der Waals surface area contributed by atoms with Gasteiger partial charge < -0.3 is 5.73 Å². The first-order chi connectivity index (χ1) is 9.11. The van der Waals surface area contributed by atoms with Crippen LogP contribution in [0.2, 0.25) is 10.0 Å². The first-order valence-electron chi connectivity index (χ1n) is 6.33. The predicted octanol–water partition coefficient (Wildman–Crippen LogP) is 4.78. The molecule has 19 heavy (non-hydrogen) atoms. The molecule has 1 nitrogen and oxygen atoms in total. The van der Waals surface area contributed by atoms with E-state index in [1.807, 2.05) is 25.1 Å². The van der Waals surface area contributed by atoms with Crippen LogP contribution in [0.1, 0.15) is 29.0 Å². The first kappa shape index (κ1) is 14.4. The summed E-state index contributed by atoms with van der Waals surface area (Å²) in [4.78, 5) is 0. The van der Waals surface area contributed by atoms with Gasteiger partial charge in [-0.25, -0.2) is 0 Å². The first-order valence-corrected chi connectivity index (χ1v) is 7.09. The summed E-state index contributed by atoms with van der Waals surface area (Å²) < 4.78 is 0. The Hall–Kier alpha value is -1.02. The normalized spacial score (nSPS) is 12.4. The van der Waals surface area contributed by atoms with E-state index < -0.39 is 0 Å². The van der Waals surface area contributed by atoms with Gasteiger partial charge in [0.25, 0.3) is 0 Å². The number of hydrogen-bond donors (Lipinski definition) is 1. The Balaban J connectivity index is 2.38. The van der Waals surface area contributed by atoms with Gasteiger partial charge in [-0.05, 0) is 54.8 Å². The van der Waals surface area contributed by atoms with Gasteiger partial charge >= 0.3 is 0 Å². The molecule has 3 heteroatoms. The molecule has 0 aliphatic rings. The van der Waals surface area contributed by atoms with Gasteiger partial charge in [-0.15, -0.1) is 0 Å². The van der Waals surface area contributed by atoms with Crippen LogP contribution in [-0.4, -0.2) is 6.54 Å². The minimum absolute atomic E-state index is 0.290. The molecule has 0 bridgehead atoms. The molecule has 100 valence electrons. The Bertz CT molecular complexity index is 549. The van der Waals surface area contributed by atoms with Crippen LogP contribution in [0.5, 0.6) is 0 Å². The van der Waals surface area contributed by atoms with E-state index in [1.54, 1.807) is 0 Å². The third kappa shape index (κ3) is 3.50. The lowest BCUT2D eigenvalue weighted by Crippen LogP contribution is -2.09. The van der Waals surface area contributed by atoms with E-state index in [0.717, 1.165) is 22.0 Å². The predicted molar refractivity (Wildman–Crippen MR) is 83.2 cm³/mol. The molecule has 0 heterocycles. The molecule has 1 unspecified atom stereocenters. The van der Waals surface area contributed by atoms with Crippen LogP contribution in [0.25, 0.3) is 0 Å². The van der Waals surface area contributed by atoms with E-state index in [4.69, 9.17) is 28.9 Å². The largest absolute Gasteiger partial charge is 0.330 e. The summed E-state index contributed by atoms with van der Waals surface area (Å²) in [5.74, 6) is 0.290. The highest BCUT2D eigenvalue weighted by atomic mass is 35.5. The smallest absolute Gasteiger partial charge is 0.0435 e. The Morgan fingerprint density at radius 1 is 1.00 bits per heavy atom. The van der Waals surface area contributed by atoms with Crippen LogP contribution in [0, 0.1) is 6.92 Å². The molecule has 2 N–H and O–H groups in total. The standard InChI is InChI=1S/C16H17Cl2N/c1-11-10-13(4-7-16(11)18)15(8-9-19)12-2-5-14(17)6-3-12/h2-7,10,15H,8-9,19H2,1H3. The van der Waals surface area contributed by atoms with Crippen LogP contribution < -0.4 is 5.73 Å². The maximum atomic E-state index is 6.09. The number of rotatable bonds is 4. The monoisotopic (exact) mass is 293 g/mol. The van der Waals surface area contributed by atoms with Crippen molar-refractivity contribution in [2.24, 2.45) is 5.73 Å². The summed E-state index contributed by atoms with van der Waals surface area (Å²) in [6.07, 6.45) is 0.905. The van der Waals surface area contributed by atoms with Gasteiger partial charge in [0.05, 0.1) is 0 Å². The molecule has 2 aromatic rings. The van der Waals surface area contributed by atoms with Crippen LogP contribution in [0.15, 0.2) is 42.5 Å². The molecule has 0 radical (unpaired) electrons. The van der Waals surface area contributed by atoms with Gasteiger partial charge in [-0.2, -0.15) is 0 Å². The fourth-order valence-corrected chi connectivity index (χ4v) is 2.52. The van der Waals surface area contributed by atoms with Gasteiger partial charge in [0.2, 0.25) is 0 Å². The van der Waals surface area contributed by atoms with E-state index in [9.17, 15) is 0 Å². The van der Waals surface area contributed by atoms with Gasteiger partial charge in [0.1, 0.15) is 0 Å². The van der Waals surface area contributed by atoms with Gasteiger partial charge in [-0.3, -0.25) is 0 Å². The van der Waals surface area contributed by atoms with Crippen molar-refractivity contribution in [3.8, 4) is 0 Å². The van der Waals surface area contributed by atoms with Crippen molar-refractivity contribution in [2.45, 2.75) is 19.3 Å². The van der Waals surface area contributed by atoms with Gasteiger partial charge in [0, 0.05) is 16.0 Å². The minimum Gasteiger partial charge on any atom is -0.330 e. The molecule has 0 saturated carbocycles. The van der Waals surface area contributed by atoms with Crippen molar-refractivity contribution >= 4 is 23.2 Å². The Kier molecular flexibility index (Phi) is 4.87. The molecule has 0 fully saturated rings. The van der Waals surface area contributed by atoms with Crippen molar-refractivity contribution in [2.75, 3.05) is 6.54 Å². The lowest BCUT2D eigenvalue weighted by molar-refractivity contribution is 0.725. The molecular weight excluding hydrogens is 277 g/mol. The third-order valence-electron chi connectivity index (χ3n) is 3.31. The highest BCUT2D eigenvalue weighted by Crippen LogP contribution is 2.30. The summed E-state index contributed by atoms with van der Waals surface area (Å²) in [7, 11) is 0. The van der Waals surface area contributed by atoms with Crippen molar-refractivity contribution < 1.29 is 0 Å². The van der Waals surface area contributed by atoms with Gasteiger partial charge in [-0.1, -0.05) is 47.5 Å². The van der Waals surface area contributed by atoms with E-state index in [-0.39, 0.29) is 0 Å². The van der Waals surface area contributed by atoms with Crippen LogP contribution in [-0.2, 0) is 0 Å². The quantitative estimate of drug-likeness (QED) is 0.862. The maximum absolute atomic E-state index is 6.09. The summed E-state index contributed by atoms with van der Waals surface area (Å²) >= 11 is 12.0. The number of hydrogen-bond acceptors (Lipinski definition) is 1. The molecule has 0 aliphatic heterocycles. The summed E-state index contributed by atoms with van der Waals surface area (Å²) in [5, 5.41) is 1.55. The highest BCUT2D eigenvalue weighted by molar-refractivity contribution is 6.31. The zero-order valence-corrected chi connectivity index (χ0v) is 12.4. The van der Waals surface area contributed by atoms with E-state index in [2.05, 4.69) is 24.3 Å². The van der Waals surface area contributed by atoms with Crippen LogP contribution in [0.4, 0.5) is 0 Å². The second-order valence-electron chi connectivity index (χ2n) is 4.69. The topological polar surface area (TPSA) is 26.0 Å². The van der Waals surface area contributed by atoms with Gasteiger partial charge in [0.15, 0.2) is 0 Å². The number of nitrogens with two attached hydrogens (primary N) is 1. The number of aryl methyl sites for hydroxylation is 1. The molecule has 0 saturated heterocycles. The van der Waals surface area contributed by atoms with Crippen molar-refractivity contribution in [1.82, 2.24) is 0 Å². The average Bonchev–Trinajstić information content (AvgIpc) is 2.41. The van der Waals surface area contributed by atoms with Crippen molar-refractivity contribution in [3.05, 3.63) is 69.2 Å². The van der Waals surface area contributed by atoms with Crippen LogP contribution >= 0.6 is 23.2 Å². The lowest BCUT2D eigenvalue weighted by Gasteiger charge is -2.18. The fraction of sp³-hybridized carbons (Fsp3) is 0.250. The van der Waals surface area contributed by atoms with E-state index >= 15 is 0 Å². The zero-order valence-electron chi connectivity index (χ0n) is 10.9. The molecule has 0 aliphatic carbocycles. The zero-order chi connectivity index (χ0) is 13.8. The number of halogens is 2. The molecule has 0 amide bonds. The fourth-order valence-electron chi connectivity index (χ4n) is 2.27. The second-order valence-corrected chi connectivity index (χ2v) is 5.53. The van der Waals surface area contributed by atoms with Crippen molar-refractivity contribution in [3.63, 3.8) is 0 Å². The molecule has 2 aromatic carbocycles. The molecule has 1 atom stereocenters. The molecular formula is C16H17Cl2N. The Morgan fingerprint density at radius 2 is 1.63 bits per heavy atom. The molecule has 2 rings (SSSR count). The van der Waals surface area contributed by atoms with E-state index in [0.29, 0.717) is 12.5 Å². The summed E-state index contributed by atoms with van der Waals surface area (Å²) in [6.45, 7) is 2.67. The maximum Gasteiger partial charge on any atom is 0.0435 e. The second kappa shape index (κ2) is 6.42. The highest BCUT2D eigenvalue weighted by Gasteiger charge is 2.14. The summed E-state index contributed by atoms with van der Waals surface area (Å²) in [5.41, 5.74) is 9.32. The Labute approximate surface area is 124 Å². The SMILES string of the molecule is Cc1cc(C(CCN)c2ccc(Cl)cc2)ccc1Cl. The van der Waals surface area contributed by atoms with Crippen LogP contribution in [0.3, 0.4) is 0 Å².